The maximum Gasteiger partial charge on any atom is 0.0642 e. The van der Waals surface area contributed by atoms with Gasteiger partial charge in [-0.05, 0) is 69.6 Å². The van der Waals surface area contributed by atoms with Crippen molar-refractivity contribution in [1.29, 1.82) is 0 Å². The molecule has 2 rings (SSSR count). The molecule has 0 aromatic carbocycles. The van der Waals surface area contributed by atoms with Gasteiger partial charge in [0.25, 0.3) is 0 Å². The predicted molar refractivity (Wildman–Crippen MR) is 125 cm³/mol. The van der Waals surface area contributed by atoms with Gasteiger partial charge in [0.05, 0.1) is 12.2 Å². The Balaban J connectivity index is 1.80. The topological polar surface area (TPSA) is 18.5 Å². The molecular weight excluding hydrogens is 356 g/mol. The van der Waals surface area contributed by atoms with E-state index in [1.54, 1.807) is 0 Å². The van der Waals surface area contributed by atoms with Crippen molar-refractivity contribution in [2.24, 2.45) is 23.7 Å². The van der Waals surface area contributed by atoms with Crippen LogP contribution in [0.5, 0.6) is 0 Å². The highest BCUT2D eigenvalue weighted by atomic mass is 16.5. The minimum absolute atomic E-state index is 0.377. The highest BCUT2D eigenvalue weighted by Crippen LogP contribution is 2.36. The molecule has 4 atom stereocenters. The van der Waals surface area contributed by atoms with Gasteiger partial charge in [-0.2, -0.15) is 0 Å². The molecule has 0 bridgehead atoms. The summed E-state index contributed by atoms with van der Waals surface area (Å²) in [6.07, 6.45) is 26.0. The summed E-state index contributed by atoms with van der Waals surface area (Å²) in [6.45, 7) is 7.69. The number of hydrogen-bond acceptors (Lipinski definition) is 2. The lowest BCUT2D eigenvalue weighted by molar-refractivity contribution is -0.0664. The first-order chi connectivity index (χ1) is 14.2. The van der Waals surface area contributed by atoms with Crippen molar-refractivity contribution in [2.45, 2.75) is 110 Å². The molecule has 2 heteroatoms. The Morgan fingerprint density at radius 2 is 1.45 bits per heavy atom. The molecule has 0 heterocycles. The van der Waals surface area contributed by atoms with Crippen LogP contribution in [0.3, 0.4) is 0 Å². The zero-order valence-corrected chi connectivity index (χ0v) is 19.8. The van der Waals surface area contributed by atoms with E-state index in [1.807, 2.05) is 7.11 Å². The predicted octanol–water partition coefficient (Wildman–Crippen LogP) is 7.73. The van der Waals surface area contributed by atoms with E-state index in [9.17, 15) is 0 Å². The van der Waals surface area contributed by atoms with Gasteiger partial charge in [0.2, 0.25) is 0 Å². The maximum absolute atomic E-state index is 6.44. The standard InChI is InChI=1S/C27H48O2/c1-5-7-8-9-10-11-19-29-27-20-22(3)26(28-4)21-25(27)18-17-24-15-13-23(12-6-2)14-16-24/h6,12,17-18,22-27H,5,7-11,13-16,19-21H2,1-4H3/b12-6+,18-17+. The van der Waals surface area contributed by atoms with Crippen LogP contribution in [-0.4, -0.2) is 25.9 Å². The van der Waals surface area contributed by atoms with Crippen LogP contribution in [-0.2, 0) is 9.47 Å². The van der Waals surface area contributed by atoms with Crippen molar-refractivity contribution in [3.05, 3.63) is 24.3 Å². The van der Waals surface area contributed by atoms with Crippen molar-refractivity contribution in [1.82, 2.24) is 0 Å². The fourth-order valence-electron chi connectivity index (χ4n) is 5.29. The van der Waals surface area contributed by atoms with E-state index in [4.69, 9.17) is 9.47 Å². The zero-order valence-electron chi connectivity index (χ0n) is 19.8. The highest BCUT2D eigenvalue weighted by molar-refractivity contribution is 5.02. The lowest BCUT2D eigenvalue weighted by Gasteiger charge is -2.38. The summed E-state index contributed by atoms with van der Waals surface area (Å²) in [5.74, 6) is 2.68. The van der Waals surface area contributed by atoms with Crippen molar-refractivity contribution in [3.63, 3.8) is 0 Å². The van der Waals surface area contributed by atoms with Crippen LogP contribution in [0, 0.1) is 23.7 Å². The number of ether oxygens (including phenoxy) is 2. The molecule has 2 aliphatic rings. The van der Waals surface area contributed by atoms with E-state index in [0.29, 0.717) is 24.0 Å². The smallest absolute Gasteiger partial charge is 0.0642 e. The fourth-order valence-corrected chi connectivity index (χ4v) is 5.29. The van der Waals surface area contributed by atoms with Gasteiger partial charge < -0.3 is 9.47 Å². The van der Waals surface area contributed by atoms with E-state index in [0.717, 1.165) is 31.3 Å². The SMILES string of the molecule is C/C=C/C1CCC(/C=C/C2CC(OC)C(C)CC2OCCCCCCCC)CC1. The van der Waals surface area contributed by atoms with Gasteiger partial charge in [0.1, 0.15) is 0 Å². The normalized spacial score (nSPS) is 33.7. The van der Waals surface area contributed by atoms with E-state index >= 15 is 0 Å². The molecule has 0 saturated heterocycles. The molecule has 0 aromatic heterocycles. The van der Waals surface area contributed by atoms with Gasteiger partial charge in [-0.25, -0.2) is 0 Å². The molecule has 0 radical (unpaired) electrons. The first kappa shape index (κ1) is 24.7. The average Bonchev–Trinajstić information content (AvgIpc) is 2.73. The highest BCUT2D eigenvalue weighted by Gasteiger charge is 2.34. The van der Waals surface area contributed by atoms with Crippen LogP contribution in [0.15, 0.2) is 24.3 Å². The Kier molecular flexibility index (Phi) is 12.3. The van der Waals surface area contributed by atoms with Gasteiger partial charge in [0.15, 0.2) is 0 Å². The summed E-state index contributed by atoms with van der Waals surface area (Å²) >= 11 is 0. The molecule has 4 unspecified atom stereocenters. The van der Waals surface area contributed by atoms with Gasteiger partial charge >= 0.3 is 0 Å². The average molecular weight is 405 g/mol. The van der Waals surface area contributed by atoms with Crippen LogP contribution >= 0.6 is 0 Å². The Morgan fingerprint density at radius 3 is 2.10 bits per heavy atom. The summed E-state index contributed by atoms with van der Waals surface area (Å²) in [5.41, 5.74) is 0. The summed E-state index contributed by atoms with van der Waals surface area (Å²) in [6, 6.07) is 0. The molecule has 2 fully saturated rings. The lowest BCUT2D eigenvalue weighted by atomic mass is 9.76. The number of unbranched alkanes of at least 4 members (excludes halogenated alkanes) is 5. The molecule has 0 aliphatic heterocycles. The first-order valence-electron chi connectivity index (χ1n) is 12.6. The van der Waals surface area contributed by atoms with Gasteiger partial charge in [0, 0.05) is 19.6 Å². The molecule has 2 saturated carbocycles. The van der Waals surface area contributed by atoms with Crippen molar-refractivity contribution >= 4 is 0 Å². The molecule has 2 aliphatic carbocycles. The number of allylic oxidation sites excluding steroid dienone is 3. The minimum atomic E-state index is 0.377. The summed E-state index contributed by atoms with van der Waals surface area (Å²) in [5, 5.41) is 0. The molecule has 29 heavy (non-hydrogen) atoms. The number of rotatable bonds is 12. The number of methoxy groups -OCH3 is 1. The van der Waals surface area contributed by atoms with E-state index < -0.39 is 0 Å². The Morgan fingerprint density at radius 1 is 0.793 bits per heavy atom. The molecule has 168 valence electrons. The zero-order chi connectivity index (χ0) is 20.9. The Hall–Kier alpha value is -0.600. The van der Waals surface area contributed by atoms with Crippen LogP contribution in [0.4, 0.5) is 0 Å². The molecular formula is C27H48O2. The van der Waals surface area contributed by atoms with E-state index in [1.165, 1.54) is 64.2 Å². The Labute approximate surface area is 181 Å². The van der Waals surface area contributed by atoms with Gasteiger partial charge in [-0.1, -0.05) is 70.3 Å². The maximum atomic E-state index is 6.44. The van der Waals surface area contributed by atoms with Crippen molar-refractivity contribution in [3.8, 4) is 0 Å². The summed E-state index contributed by atoms with van der Waals surface area (Å²) in [7, 11) is 1.88. The Bertz CT molecular complexity index is 461. The number of hydrogen-bond donors (Lipinski definition) is 0. The summed E-state index contributed by atoms with van der Waals surface area (Å²) in [4.78, 5) is 0. The lowest BCUT2D eigenvalue weighted by Crippen LogP contribution is -2.39. The van der Waals surface area contributed by atoms with E-state index in [-0.39, 0.29) is 0 Å². The molecule has 0 spiro atoms. The van der Waals surface area contributed by atoms with Crippen molar-refractivity contribution < 1.29 is 9.47 Å². The quantitative estimate of drug-likeness (QED) is 0.245. The molecule has 0 aromatic rings. The van der Waals surface area contributed by atoms with E-state index in [2.05, 4.69) is 45.1 Å². The van der Waals surface area contributed by atoms with Crippen molar-refractivity contribution in [2.75, 3.05) is 13.7 Å². The van der Waals surface area contributed by atoms with Gasteiger partial charge in [-0.3, -0.25) is 0 Å². The third kappa shape index (κ3) is 8.97. The first-order valence-corrected chi connectivity index (χ1v) is 12.6. The van der Waals surface area contributed by atoms with Crippen LogP contribution in [0.1, 0.15) is 97.8 Å². The second-order valence-corrected chi connectivity index (χ2v) is 9.65. The fraction of sp³-hybridized carbons (Fsp3) is 0.852. The van der Waals surface area contributed by atoms with Crippen LogP contribution < -0.4 is 0 Å². The largest absolute Gasteiger partial charge is 0.381 e. The summed E-state index contributed by atoms with van der Waals surface area (Å²) < 4.78 is 12.2. The third-order valence-corrected chi connectivity index (χ3v) is 7.26. The van der Waals surface area contributed by atoms with Gasteiger partial charge in [-0.15, -0.1) is 0 Å². The monoisotopic (exact) mass is 404 g/mol. The molecule has 0 N–H and O–H groups in total. The molecule has 0 amide bonds. The second-order valence-electron chi connectivity index (χ2n) is 9.65. The molecule has 2 nitrogen and oxygen atoms in total. The third-order valence-electron chi connectivity index (χ3n) is 7.26. The van der Waals surface area contributed by atoms with Crippen LogP contribution in [0.2, 0.25) is 0 Å². The van der Waals surface area contributed by atoms with Crippen LogP contribution in [0.25, 0.3) is 0 Å². The second kappa shape index (κ2) is 14.4. The minimum Gasteiger partial charge on any atom is -0.381 e.